The van der Waals surface area contributed by atoms with Gasteiger partial charge in [0.05, 0.1) is 11.3 Å². The first-order chi connectivity index (χ1) is 10.1. The monoisotopic (exact) mass is 279 g/mol. The first-order valence-corrected chi connectivity index (χ1v) is 6.52. The number of aliphatic imine (C=N–C) groups is 1. The van der Waals surface area contributed by atoms with Gasteiger partial charge in [0.25, 0.3) is 0 Å². The van der Waals surface area contributed by atoms with E-state index in [-0.39, 0.29) is 5.75 Å². The zero-order chi connectivity index (χ0) is 14.8. The molecule has 0 unspecified atom stereocenters. The van der Waals surface area contributed by atoms with Crippen molar-refractivity contribution in [2.45, 2.75) is 6.92 Å². The number of rotatable bonds is 2. The van der Waals surface area contributed by atoms with Gasteiger partial charge in [0, 0.05) is 5.39 Å². The molecule has 0 fully saturated rings. The van der Waals surface area contributed by atoms with E-state index in [0.29, 0.717) is 22.5 Å². The second kappa shape index (κ2) is 5.25. The lowest BCUT2D eigenvalue weighted by Gasteiger charge is -2.03. The Balaban J connectivity index is 2.13. The Morgan fingerprint density at radius 2 is 1.81 bits per heavy atom. The number of phenolic OH excluding ortho intramolecular Hbond substituents is 1. The van der Waals surface area contributed by atoms with Crippen molar-refractivity contribution in [3.05, 3.63) is 70.6 Å². The number of hydrogen-bond donors (Lipinski definition) is 1. The first-order valence-electron chi connectivity index (χ1n) is 6.52. The Labute approximate surface area is 121 Å². The molecule has 0 saturated carbocycles. The zero-order valence-corrected chi connectivity index (χ0v) is 11.4. The van der Waals surface area contributed by atoms with Crippen LogP contribution in [-0.4, -0.2) is 10.8 Å². The van der Waals surface area contributed by atoms with Crippen LogP contribution in [0.1, 0.15) is 12.5 Å². The van der Waals surface area contributed by atoms with Crippen LogP contribution in [0, 0.1) is 0 Å². The number of benzene rings is 2. The van der Waals surface area contributed by atoms with E-state index in [1.807, 2.05) is 18.2 Å². The van der Waals surface area contributed by atoms with Crippen molar-refractivity contribution in [3.8, 4) is 5.75 Å². The number of phenols is 1. The minimum atomic E-state index is -0.439. The molecule has 4 nitrogen and oxygen atoms in total. The standard InChI is InChI=1S/C17H13NO3/c1-11(18-14-7-3-4-8-15(14)19)13-10-12-6-2-5-9-16(12)21-17(13)20/h2-10,19H,1H3. The summed E-state index contributed by atoms with van der Waals surface area (Å²) in [6.07, 6.45) is 0. The van der Waals surface area contributed by atoms with E-state index < -0.39 is 5.63 Å². The Morgan fingerprint density at radius 1 is 1.10 bits per heavy atom. The molecule has 0 saturated heterocycles. The van der Waals surface area contributed by atoms with E-state index in [1.54, 1.807) is 43.3 Å². The molecule has 104 valence electrons. The molecule has 21 heavy (non-hydrogen) atoms. The molecular formula is C17H13NO3. The Hall–Kier alpha value is -2.88. The minimum Gasteiger partial charge on any atom is -0.506 e. The van der Waals surface area contributed by atoms with E-state index in [0.717, 1.165) is 5.39 Å². The summed E-state index contributed by atoms with van der Waals surface area (Å²) in [6.45, 7) is 1.72. The molecule has 0 atom stereocenters. The molecule has 1 aromatic heterocycles. The van der Waals surface area contributed by atoms with Crippen LogP contribution in [0.3, 0.4) is 0 Å². The summed E-state index contributed by atoms with van der Waals surface area (Å²) in [5.74, 6) is 0.0713. The van der Waals surface area contributed by atoms with Gasteiger partial charge in [-0.15, -0.1) is 0 Å². The smallest absolute Gasteiger partial charge is 0.345 e. The largest absolute Gasteiger partial charge is 0.506 e. The molecule has 2 aromatic carbocycles. The van der Waals surface area contributed by atoms with E-state index in [4.69, 9.17) is 4.42 Å². The van der Waals surface area contributed by atoms with Gasteiger partial charge in [0.15, 0.2) is 0 Å². The van der Waals surface area contributed by atoms with Gasteiger partial charge >= 0.3 is 5.63 Å². The highest BCUT2D eigenvalue weighted by Crippen LogP contribution is 2.25. The van der Waals surface area contributed by atoms with E-state index in [9.17, 15) is 9.90 Å². The van der Waals surface area contributed by atoms with Crippen LogP contribution in [0.25, 0.3) is 11.0 Å². The predicted molar refractivity (Wildman–Crippen MR) is 82.5 cm³/mol. The molecule has 3 rings (SSSR count). The highest BCUT2D eigenvalue weighted by Gasteiger charge is 2.09. The molecule has 0 amide bonds. The van der Waals surface area contributed by atoms with Crippen LogP contribution in [0.5, 0.6) is 5.75 Å². The molecule has 1 N–H and O–H groups in total. The highest BCUT2D eigenvalue weighted by molar-refractivity contribution is 6.02. The van der Waals surface area contributed by atoms with Crippen LogP contribution in [0.15, 0.2) is 68.8 Å². The lowest BCUT2D eigenvalue weighted by atomic mass is 10.1. The van der Waals surface area contributed by atoms with Gasteiger partial charge in [-0.25, -0.2) is 9.79 Å². The minimum absolute atomic E-state index is 0.0713. The summed E-state index contributed by atoms with van der Waals surface area (Å²) in [7, 11) is 0. The van der Waals surface area contributed by atoms with Crippen molar-refractivity contribution in [1.82, 2.24) is 0 Å². The second-order valence-corrected chi connectivity index (χ2v) is 4.67. The topological polar surface area (TPSA) is 62.8 Å². The third-order valence-electron chi connectivity index (χ3n) is 3.20. The quantitative estimate of drug-likeness (QED) is 0.575. The zero-order valence-electron chi connectivity index (χ0n) is 11.4. The van der Waals surface area contributed by atoms with Gasteiger partial charge in [-0.2, -0.15) is 0 Å². The lowest BCUT2D eigenvalue weighted by molar-refractivity contribution is 0.477. The van der Waals surface area contributed by atoms with Crippen molar-refractivity contribution in [2.75, 3.05) is 0 Å². The number of nitrogens with zero attached hydrogens (tertiary/aromatic N) is 1. The summed E-state index contributed by atoms with van der Waals surface area (Å²) in [4.78, 5) is 16.3. The first kappa shape index (κ1) is 13.1. The van der Waals surface area contributed by atoms with Crippen LogP contribution < -0.4 is 5.63 Å². The Kier molecular flexibility index (Phi) is 3.28. The Morgan fingerprint density at radius 3 is 2.62 bits per heavy atom. The van der Waals surface area contributed by atoms with Crippen LogP contribution in [-0.2, 0) is 0 Å². The third kappa shape index (κ3) is 2.56. The van der Waals surface area contributed by atoms with Gasteiger partial charge in [-0.3, -0.25) is 0 Å². The predicted octanol–water partition coefficient (Wildman–Crippen LogP) is 3.64. The molecule has 0 radical (unpaired) electrons. The average molecular weight is 279 g/mol. The van der Waals surface area contributed by atoms with Crippen molar-refractivity contribution >= 4 is 22.4 Å². The van der Waals surface area contributed by atoms with Gasteiger partial charge in [0.1, 0.15) is 17.0 Å². The fraction of sp³-hybridized carbons (Fsp3) is 0.0588. The molecule has 3 aromatic rings. The average Bonchev–Trinajstić information content (AvgIpc) is 2.49. The van der Waals surface area contributed by atoms with E-state index >= 15 is 0 Å². The normalized spacial score (nSPS) is 11.8. The maximum atomic E-state index is 12.0. The molecule has 4 heteroatoms. The number of fused-ring (bicyclic) bond motifs is 1. The number of hydrogen-bond acceptors (Lipinski definition) is 4. The highest BCUT2D eigenvalue weighted by atomic mass is 16.4. The summed E-state index contributed by atoms with van der Waals surface area (Å²) in [6, 6.07) is 15.8. The van der Waals surface area contributed by atoms with E-state index in [2.05, 4.69) is 4.99 Å². The summed E-state index contributed by atoms with van der Waals surface area (Å²) in [5, 5.41) is 10.6. The van der Waals surface area contributed by atoms with Crippen molar-refractivity contribution in [3.63, 3.8) is 0 Å². The molecule has 0 aliphatic carbocycles. The van der Waals surface area contributed by atoms with E-state index in [1.165, 1.54) is 0 Å². The van der Waals surface area contributed by atoms with Gasteiger partial charge in [-0.05, 0) is 31.2 Å². The summed E-state index contributed by atoms with van der Waals surface area (Å²) in [5.41, 5.74) is 1.41. The second-order valence-electron chi connectivity index (χ2n) is 4.67. The molecular weight excluding hydrogens is 266 g/mol. The van der Waals surface area contributed by atoms with Gasteiger partial charge in [-0.1, -0.05) is 30.3 Å². The fourth-order valence-corrected chi connectivity index (χ4v) is 2.11. The van der Waals surface area contributed by atoms with Crippen molar-refractivity contribution in [1.29, 1.82) is 0 Å². The van der Waals surface area contributed by atoms with Crippen LogP contribution in [0.4, 0.5) is 5.69 Å². The number of para-hydroxylation sites is 3. The molecule has 0 aliphatic heterocycles. The molecule has 1 heterocycles. The summed E-state index contributed by atoms with van der Waals surface area (Å²) >= 11 is 0. The lowest BCUT2D eigenvalue weighted by Crippen LogP contribution is -2.11. The number of aromatic hydroxyl groups is 1. The molecule has 0 spiro atoms. The van der Waals surface area contributed by atoms with Gasteiger partial charge < -0.3 is 9.52 Å². The molecule has 0 bridgehead atoms. The van der Waals surface area contributed by atoms with Crippen LogP contribution in [0.2, 0.25) is 0 Å². The summed E-state index contributed by atoms with van der Waals surface area (Å²) < 4.78 is 5.28. The van der Waals surface area contributed by atoms with Crippen molar-refractivity contribution < 1.29 is 9.52 Å². The maximum Gasteiger partial charge on any atom is 0.345 e. The Bertz CT molecular complexity index is 894. The maximum absolute atomic E-state index is 12.0. The fourth-order valence-electron chi connectivity index (χ4n) is 2.11. The van der Waals surface area contributed by atoms with Gasteiger partial charge in [0.2, 0.25) is 0 Å². The van der Waals surface area contributed by atoms with Crippen molar-refractivity contribution in [2.24, 2.45) is 4.99 Å². The molecule has 0 aliphatic rings. The SMILES string of the molecule is CC(=Nc1ccccc1O)c1cc2ccccc2oc1=O. The third-order valence-corrected chi connectivity index (χ3v) is 3.20. The van der Waals surface area contributed by atoms with Crippen LogP contribution >= 0.6 is 0 Å².